The van der Waals surface area contributed by atoms with E-state index in [1.54, 1.807) is 11.3 Å². The lowest BCUT2D eigenvalue weighted by atomic mass is 10.1. The Hall–Kier alpha value is -1.74. The fourth-order valence-corrected chi connectivity index (χ4v) is 3.12. The van der Waals surface area contributed by atoms with E-state index in [9.17, 15) is 5.11 Å². The van der Waals surface area contributed by atoms with Gasteiger partial charge in [-0.3, -0.25) is 0 Å². The van der Waals surface area contributed by atoms with Gasteiger partial charge in [-0.25, -0.2) is 0 Å². The van der Waals surface area contributed by atoms with Gasteiger partial charge in [0.25, 0.3) is 0 Å². The molecule has 0 amide bonds. The average molecular weight is 286 g/mol. The summed E-state index contributed by atoms with van der Waals surface area (Å²) in [6.45, 7) is 2.19. The second-order valence-corrected chi connectivity index (χ2v) is 6.02. The number of phenols is 1. The Morgan fingerprint density at radius 3 is 2.85 bits per heavy atom. The molecular formula is C17H18O2S. The Bertz CT molecular complexity index is 695. The monoisotopic (exact) mass is 286 g/mol. The first-order valence-electron chi connectivity index (χ1n) is 7.07. The Kier molecular flexibility index (Phi) is 3.79. The molecule has 0 atom stereocenters. The summed E-state index contributed by atoms with van der Waals surface area (Å²) in [6.07, 6.45) is 4.57. The third-order valence-electron chi connectivity index (χ3n) is 3.51. The number of thiophene rings is 1. The number of hydrogen-bond donors (Lipinski definition) is 1. The van der Waals surface area contributed by atoms with Gasteiger partial charge in [-0.2, -0.15) is 0 Å². The molecule has 0 saturated heterocycles. The predicted molar refractivity (Wildman–Crippen MR) is 84.4 cm³/mol. The van der Waals surface area contributed by atoms with E-state index in [4.69, 9.17) is 4.42 Å². The fraction of sp³-hybridized carbons (Fsp3) is 0.294. The SMILES string of the molecule is CCCCCc1cc(O)c2cc(-c3cccs3)oc2c1. The number of rotatable bonds is 5. The Morgan fingerprint density at radius 2 is 2.10 bits per heavy atom. The van der Waals surface area contributed by atoms with Crippen molar-refractivity contribution < 1.29 is 9.52 Å². The third-order valence-corrected chi connectivity index (χ3v) is 4.39. The minimum absolute atomic E-state index is 0.320. The molecule has 0 saturated carbocycles. The van der Waals surface area contributed by atoms with Crippen molar-refractivity contribution in [1.82, 2.24) is 0 Å². The fourth-order valence-electron chi connectivity index (χ4n) is 2.44. The van der Waals surface area contributed by atoms with Crippen LogP contribution in [0.4, 0.5) is 0 Å². The predicted octanol–water partition coefficient (Wildman–Crippen LogP) is 5.60. The summed E-state index contributed by atoms with van der Waals surface area (Å²) in [4.78, 5) is 1.09. The molecule has 20 heavy (non-hydrogen) atoms. The summed E-state index contributed by atoms with van der Waals surface area (Å²) < 4.78 is 5.89. The molecule has 0 unspecified atom stereocenters. The zero-order valence-corrected chi connectivity index (χ0v) is 12.4. The lowest BCUT2D eigenvalue weighted by molar-refractivity contribution is 0.480. The van der Waals surface area contributed by atoms with E-state index < -0.39 is 0 Å². The number of aromatic hydroxyl groups is 1. The number of aryl methyl sites for hydroxylation is 1. The highest BCUT2D eigenvalue weighted by Gasteiger charge is 2.11. The molecule has 0 fully saturated rings. The molecule has 2 aromatic heterocycles. The Morgan fingerprint density at radius 1 is 1.20 bits per heavy atom. The van der Waals surface area contributed by atoms with E-state index in [0.29, 0.717) is 5.75 Å². The smallest absolute Gasteiger partial charge is 0.145 e. The third kappa shape index (κ3) is 2.59. The molecule has 0 aliphatic rings. The van der Waals surface area contributed by atoms with Crippen molar-refractivity contribution in [1.29, 1.82) is 0 Å². The van der Waals surface area contributed by atoms with Gasteiger partial charge in [0.05, 0.1) is 10.3 Å². The Labute approximate surface area is 122 Å². The van der Waals surface area contributed by atoms with Crippen molar-refractivity contribution in [3.05, 3.63) is 41.3 Å². The largest absolute Gasteiger partial charge is 0.507 e. The van der Waals surface area contributed by atoms with E-state index in [0.717, 1.165) is 40.0 Å². The maximum absolute atomic E-state index is 10.2. The van der Waals surface area contributed by atoms with Gasteiger partial charge < -0.3 is 9.52 Å². The molecule has 0 spiro atoms. The normalized spacial score (nSPS) is 11.2. The summed E-state index contributed by atoms with van der Waals surface area (Å²) in [5.74, 6) is 1.15. The highest BCUT2D eigenvalue weighted by Crippen LogP contribution is 2.35. The van der Waals surface area contributed by atoms with Gasteiger partial charge in [-0.05, 0) is 48.1 Å². The average Bonchev–Trinajstić information content (AvgIpc) is 3.07. The molecule has 3 aromatic rings. The number of benzene rings is 1. The summed E-state index contributed by atoms with van der Waals surface area (Å²) in [7, 11) is 0. The summed E-state index contributed by atoms with van der Waals surface area (Å²) in [5, 5.41) is 13.0. The second-order valence-electron chi connectivity index (χ2n) is 5.07. The number of hydrogen-bond acceptors (Lipinski definition) is 3. The molecule has 104 valence electrons. The standard InChI is InChI=1S/C17H18O2S/c1-2-3-4-6-12-9-14(18)13-11-16(19-15(13)10-12)17-7-5-8-20-17/h5,7-11,18H,2-4,6H2,1H3. The van der Waals surface area contributed by atoms with Crippen molar-refractivity contribution in [2.45, 2.75) is 32.6 Å². The molecule has 3 rings (SSSR count). The second kappa shape index (κ2) is 5.71. The van der Waals surface area contributed by atoms with Crippen molar-refractivity contribution in [2.24, 2.45) is 0 Å². The van der Waals surface area contributed by atoms with Gasteiger partial charge in [0.1, 0.15) is 17.1 Å². The summed E-state index contributed by atoms with van der Waals surface area (Å²) >= 11 is 1.64. The van der Waals surface area contributed by atoms with Crippen molar-refractivity contribution >= 4 is 22.3 Å². The minimum atomic E-state index is 0.320. The molecule has 1 N–H and O–H groups in total. The quantitative estimate of drug-likeness (QED) is 0.619. The van der Waals surface area contributed by atoms with Gasteiger partial charge in [0, 0.05) is 0 Å². The van der Waals surface area contributed by atoms with E-state index in [1.807, 2.05) is 29.6 Å². The van der Waals surface area contributed by atoms with Gasteiger partial charge >= 0.3 is 0 Å². The van der Waals surface area contributed by atoms with E-state index in [1.165, 1.54) is 12.8 Å². The first-order valence-corrected chi connectivity index (χ1v) is 7.95. The molecule has 0 aliphatic carbocycles. The highest BCUT2D eigenvalue weighted by molar-refractivity contribution is 7.13. The number of unbranched alkanes of at least 4 members (excludes halogenated alkanes) is 2. The van der Waals surface area contributed by atoms with Gasteiger partial charge in [-0.1, -0.05) is 25.8 Å². The van der Waals surface area contributed by atoms with Crippen LogP contribution in [0.2, 0.25) is 0 Å². The molecule has 0 radical (unpaired) electrons. The van der Waals surface area contributed by atoms with Crippen molar-refractivity contribution in [3.63, 3.8) is 0 Å². The van der Waals surface area contributed by atoms with Crippen LogP contribution in [0.1, 0.15) is 31.7 Å². The van der Waals surface area contributed by atoms with Crippen LogP contribution in [0.3, 0.4) is 0 Å². The van der Waals surface area contributed by atoms with E-state index in [2.05, 4.69) is 13.0 Å². The molecule has 1 aromatic carbocycles. The molecule has 0 aliphatic heterocycles. The van der Waals surface area contributed by atoms with Crippen LogP contribution in [-0.4, -0.2) is 5.11 Å². The minimum Gasteiger partial charge on any atom is -0.507 e. The van der Waals surface area contributed by atoms with Crippen LogP contribution < -0.4 is 0 Å². The van der Waals surface area contributed by atoms with Gasteiger partial charge in [-0.15, -0.1) is 11.3 Å². The zero-order valence-electron chi connectivity index (χ0n) is 11.6. The number of furan rings is 1. The molecular weight excluding hydrogens is 268 g/mol. The highest BCUT2D eigenvalue weighted by atomic mass is 32.1. The molecule has 3 heteroatoms. The lowest BCUT2D eigenvalue weighted by Crippen LogP contribution is -1.85. The van der Waals surface area contributed by atoms with Crippen LogP contribution >= 0.6 is 11.3 Å². The van der Waals surface area contributed by atoms with Gasteiger partial charge in [0.2, 0.25) is 0 Å². The first kappa shape index (κ1) is 13.3. The zero-order chi connectivity index (χ0) is 13.9. The lowest BCUT2D eigenvalue weighted by Gasteiger charge is -2.02. The van der Waals surface area contributed by atoms with Crippen LogP contribution in [0.5, 0.6) is 5.75 Å². The molecule has 2 heterocycles. The van der Waals surface area contributed by atoms with Gasteiger partial charge in [0.15, 0.2) is 0 Å². The Balaban J connectivity index is 1.95. The van der Waals surface area contributed by atoms with Crippen LogP contribution in [-0.2, 0) is 6.42 Å². The van der Waals surface area contributed by atoms with E-state index in [-0.39, 0.29) is 0 Å². The molecule has 0 bridgehead atoms. The van der Waals surface area contributed by atoms with Crippen molar-refractivity contribution in [3.8, 4) is 16.4 Å². The summed E-state index contributed by atoms with van der Waals surface area (Å²) in [6, 6.07) is 9.88. The maximum atomic E-state index is 10.2. The van der Waals surface area contributed by atoms with Crippen molar-refractivity contribution in [2.75, 3.05) is 0 Å². The summed E-state index contributed by atoms with van der Waals surface area (Å²) in [5.41, 5.74) is 1.93. The van der Waals surface area contributed by atoms with Crippen LogP contribution in [0, 0.1) is 0 Å². The van der Waals surface area contributed by atoms with Crippen LogP contribution in [0.15, 0.2) is 40.1 Å². The first-order chi connectivity index (χ1) is 9.78. The van der Waals surface area contributed by atoms with Crippen LogP contribution in [0.25, 0.3) is 21.6 Å². The topological polar surface area (TPSA) is 33.4 Å². The molecule has 2 nitrogen and oxygen atoms in total. The number of phenolic OH excluding ortho intramolecular Hbond substituents is 1. The number of fused-ring (bicyclic) bond motifs is 1. The maximum Gasteiger partial charge on any atom is 0.145 e. The van der Waals surface area contributed by atoms with E-state index >= 15 is 0 Å².